The lowest BCUT2D eigenvalue weighted by atomic mass is 10.1. The van der Waals surface area contributed by atoms with Gasteiger partial charge in [0.1, 0.15) is 11.5 Å². The van der Waals surface area contributed by atoms with Gasteiger partial charge in [-0.25, -0.2) is 9.78 Å². The van der Waals surface area contributed by atoms with E-state index in [-0.39, 0.29) is 17.6 Å². The zero-order valence-corrected chi connectivity index (χ0v) is 21.2. The molecule has 0 amide bonds. The average Bonchev–Trinajstić information content (AvgIpc) is 3.27. The van der Waals surface area contributed by atoms with Crippen molar-refractivity contribution in [1.29, 1.82) is 0 Å². The molecule has 0 spiro atoms. The summed E-state index contributed by atoms with van der Waals surface area (Å²) in [4.78, 5) is 21.6. The van der Waals surface area contributed by atoms with Gasteiger partial charge in [0, 0.05) is 23.4 Å². The van der Waals surface area contributed by atoms with Crippen LogP contribution in [0.1, 0.15) is 28.5 Å². The van der Waals surface area contributed by atoms with Gasteiger partial charge in [-0.2, -0.15) is 0 Å². The van der Waals surface area contributed by atoms with Crippen molar-refractivity contribution in [3.05, 3.63) is 77.1 Å². The number of carbonyl (C=O) groups is 1. The lowest BCUT2D eigenvalue weighted by molar-refractivity contribution is -0.158. The van der Waals surface area contributed by atoms with E-state index in [4.69, 9.17) is 14.2 Å². The van der Waals surface area contributed by atoms with Gasteiger partial charge in [-0.05, 0) is 31.5 Å². The van der Waals surface area contributed by atoms with Crippen LogP contribution in [0.3, 0.4) is 0 Å². The second-order valence-electron chi connectivity index (χ2n) is 8.12. The number of imidazole rings is 1. The molecule has 2 heterocycles. The van der Waals surface area contributed by atoms with Gasteiger partial charge in [0.05, 0.1) is 47.5 Å². The molecule has 1 N–H and O–H groups in total. The minimum atomic E-state index is -1.64. The number of ether oxygens (including phenoxy) is 3. The van der Waals surface area contributed by atoms with Crippen LogP contribution in [-0.2, 0) is 32.8 Å². The van der Waals surface area contributed by atoms with E-state index in [1.165, 1.54) is 7.11 Å². The van der Waals surface area contributed by atoms with Crippen molar-refractivity contribution in [1.82, 2.24) is 14.5 Å². The molecular formula is C26H27N3O6S. The Hall–Kier alpha value is -3.76. The Kier molecular flexibility index (Phi) is 7.66. The summed E-state index contributed by atoms with van der Waals surface area (Å²) in [6.07, 6.45) is 0.232. The average molecular weight is 510 g/mol. The maximum absolute atomic E-state index is 13.5. The quantitative estimate of drug-likeness (QED) is 0.341. The molecular weight excluding hydrogens is 482 g/mol. The maximum Gasteiger partial charge on any atom is 0.341 e. The molecule has 0 bridgehead atoms. The molecule has 0 aliphatic rings. The summed E-state index contributed by atoms with van der Waals surface area (Å²) < 4.78 is 31.3. The van der Waals surface area contributed by atoms with Crippen molar-refractivity contribution >= 4 is 27.8 Å². The molecule has 4 rings (SSSR count). The third-order valence-electron chi connectivity index (χ3n) is 5.82. The summed E-state index contributed by atoms with van der Waals surface area (Å²) in [7, 11) is 1.49. The smallest absolute Gasteiger partial charge is 0.341 e. The second-order valence-corrected chi connectivity index (χ2v) is 9.46. The molecule has 0 fully saturated rings. The van der Waals surface area contributed by atoms with Crippen molar-refractivity contribution < 1.29 is 28.3 Å². The largest absolute Gasteiger partial charge is 0.497 e. The highest BCUT2D eigenvalue weighted by Gasteiger charge is 2.23. The van der Waals surface area contributed by atoms with Gasteiger partial charge in [-0.15, -0.1) is 0 Å². The molecule has 4 aromatic rings. The van der Waals surface area contributed by atoms with E-state index in [0.717, 1.165) is 11.1 Å². The highest BCUT2D eigenvalue weighted by molar-refractivity contribution is 7.84. The number of benzene rings is 2. The normalized spacial score (nSPS) is 12.8. The summed E-state index contributed by atoms with van der Waals surface area (Å²) in [5.41, 5.74) is 3.85. The molecule has 36 heavy (non-hydrogen) atoms. The Bertz CT molecular complexity index is 1420. The first-order chi connectivity index (χ1) is 17.3. The molecule has 0 aliphatic carbocycles. The highest BCUT2D eigenvalue weighted by Crippen LogP contribution is 2.28. The number of hydrogen-bond acceptors (Lipinski definition) is 8. The van der Waals surface area contributed by atoms with Crippen molar-refractivity contribution in [2.45, 2.75) is 37.6 Å². The number of carbonyl (C=O) groups excluding carboxylic acids is 1. The monoisotopic (exact) mass is 509 g/mol. The van der Waals surface area contributed by atoms with Gasteiger partial charge in [0.15, 0.2) is 12.8 Å². The molecule has 2 atom stereocenters. The number of pyridine rings is 1. The van der Waals surface area contributed by atoms with Gasteiger partial charge in [0.2, 0.25) is 5.16 Å². The summed E-state index contributed by atoms with van der Waals surface area (Å²) in [5.74, 6) is 0.517. The number of rotatable bonds is 9. The van der Waals surface area contributed by atoms with Crippen molar-refractivity contribution in [3.8, 4) is 11.5 Å². The highest BCUT2D eigenvalue weighted by atomic mass is 32.2. The number of aromatic nitrogens is 3. The summed E-state index contributed by atoms with van der Waals surface area (Å²) in [5, 5.41) is 10.6. The van der Waals surface area contributed by atoms with E-state index in [9.17, 15) is 14.1 Å². The molecule has 1 unspecified atom stereocenters. The number of fused-ring (bicyclic) bond motifs is 1. The third kappa shape index (κ3) is 5.09. The second kappa shape index (κ2) is 10.9. The fourth-order valence-electron chi connectivity index (χ4n) is 3.89. The van der Waals surface area contributed by atoms with Gasteiger partial charge in [-0.1, -0.05) is 30.3 Å². The van der Waals surface area contributed by atoms with Gasteiger partial charge < -0.3 is 19.3 Å². The summed E-state index contributed by atoms with van der Waals surface area (Å²) >= 11 is 0. The number of aliphatic hydroxyl groups is 1. The third-order valence-corrected chi connectivity index (χ3v) is 7.07. The van der Waals surface area contributed by atoms with Crippen molar-refractivity contribution in [2.75, 3.05) is 14.2 Å². The molecule has 9 nitrogen and oxygen atoms in total. The Morgan fingerprint density at radius 1 is 1.11 bits per heavy atom. The SMILES string of the molecule is COc1ccc2nc(S(=O)Cc3ncc(C)c(OC)c3C)n(COC(=O)[C@@H](O)c3ccccc3)c2c1. The lowest BCUT2D eigenvalue weighted by Crippen LogP contribution is -2.19. The van der Waals surface area contributed by atoms with E-state index in [2.05, 4.69) is 9.97 Å². The lowest BCUT2D eigenvalue weighted by Gasteiger charge is -2.14. The molecule has 0 saturated carbocycles. The maximum atomic E-state index is 13.5. The van der Waals surface area contributed by atoms with E-state index < -0.39 is 22.9 Å². The number of methoxy groups -OCH3 is 2. The van der Waals surface area contributed by atoms with Crippen LogP contribution >= 0.6 is 0 Å². The van der Waals surface area contributed by atoms with Gasteiger partial charge >= 0.3 is 5.97 Å². The van der Waals surface area contributed by atoms with Crippen molar-refractivity contribution in [3.63, 3.8) is 0 Å². The predicted octanol–water partition coefficient (Wildman–Crippen LogP) is 3.61. The van der Waals surface area contributed by atoms with Crippen LogP contribution in [0.15, 0.2) is 59.9 Å². The van der Waals surface area contributed by atoms with E-state index in [0.29, 0.717) is 33.8 Å². The van der Waals surface area contributed by atoms with Crippen LogP contribution in [0.2, 0.25) is 0 Å². The van der Waals surface area contributed by atoms with Crippen molar-refractivity contribution in [2.24, 2.45) is 0 Å². The summed E-state index contributed by atoms with van der Waals surface area (Å²) in [6, 6.07) is 13.7. The van der Waals surface area contributed by atoms with E-state index >= 15 is 0 Å². The number of hydrogen-bond donors (Lipinski definition) is 1. The van der Waals surface area contributed by atoms with Crippen LogP contribution in [0.5, 0.6) is 11.5 Å². The Morgan fingerprint density at radius 2 is 1.86 bits per heavy atom. The fraction of sp³-hybridized carbons (Fsp3) is 0.269. The summed E-state index contributed by atoms with van der Waals surface area (Å²) in [6.45, 7) is 3.47. The number of esters is 1. The topological polar surface area (TPSA) is 113 Å². The van der Waals surface area contributed by atoms with Crippen LogP contribution in [-0.4, -0.2) is 44.0 Å². The number of nitrogens with zero attached hydrogens (tertiary/aromatic N) is 3. The zero-order valence-electron chi connectivity index (χ0n) is 20.4. The first kappa shape index (κ1) is 25.3. The minimum absolute atomic E-state index is 0.0868. The van der Waals surface area contributed by atoms with Gasteiger partial charge in [0.25, 0.3) is 0 Å². The molecule has 2 aromatic heterocycles. The van der Waals surface area contributed by atoms with E-state index in [1.54, 1.807) is 66.4 Å². The standard InChI is InChI=1S/C26H27N3O6S/c1-16-13-27-21(17(2)24(16)34-4)14-36(32)26-28-20-11-10-19(33-3)12-22(20)29(26)15-35-25(31)23(30)18-8-6-5-7-9-18/h5-13,23,30H,14-15H2,1-4H3/t23-,36?/m0/s1. The van der Waals surface area contributed by atoms with Crippen LogP contribution in [0, 0.1) is 13.8 Å². The number of aliphatic hydroxyl groups excluding tert-OH is 1. The first-order valence-electron chi connectivity index (χ1n) is 11.2. The van der Waals surface area contributed by atoms with Crippen LogP contribution in [0.25, 0.3) is 11.0 Å². The Balaban J connectivity index is 1.65. The zero-order chi connectivity index (χ0) is 25.8. The molecule has 10 heteroatoms. The number of aryl methyl sites for hydroxylation is 1. The minimum Gasteiger partial charge on any atom is -0.497 e. The fourth-order valence-corrected chi connectivity index (χ4v) is 5.16. The molecule has 0 aliphatic heterocycles. The molecule has 0 saturated heterocycles. The molecule has 2 aromatic carbocycles. The molecule has 0 radical (unpaired) electrons. The predicted molar refractivity (Wildman–Crippen MR) is 134 cm³/mol. The Morgan fingerprint density at radius 3 is 2.56 bits per heavy atom. The van der Waals surface area contributed by atoms with Crippen LogP contribution in [0.4, 0.5) is 0 Å². The van der Waals surface area contributed by atoms with Crippen LogP contribution < -0.4 is 9.47 Å². The Labute approximate surface area is 211 Å². The van der Waals surface area contributed by atoms with E-state index in [1.807, 2.05) is 13.8 Å². The van der Waals surface area contributed by atoms with Gasteiger partial charge in [-0.3, -0.25) is 13.8 Å². The first-order valence-corrected chi connectivity index (χ1v) is 12.5. The molecule has 188 valence electrons.